The van der Waals surface area contributed by atoms with E-state index in [1.165, 1.54) is 17.3 Å². The first-order chi connectivity index (χ1) is 23.5. The van der Waals surface area contributed by atoms with Crippen molar-refractivity contribution < 1.29 is 23.6 Å². The number of allylic oxidation sites excluding steroid dienone is 1. The van der Waals surface area contributed by atoms with Gasteiger partial charge in [-0.05, 0) is 105 Å². The molecule has 2 bridgehead atoms. The van der Waals surface area contributed by atoms with Crippen LogP contribution in [0.15, 0.2) is 65.3 Å². The lowest BCUT2D eigenvalue weighted by Crippen LogP contribution is -2.43. The minimum Gasteiger partial charge on any atom is -0.491 e. The van der Waals surface area contributed by atoms with Gasteiger partial charge in [0.1, 0.15) is 21.9 Å². The van der Waals surface area contributed by atoms with Gasteiger partial charge in [0.25, 0.3) is 5.91 Å². The second-order valence-electron chi connectivity index (χ2n) is 13.8. The second kappa shape index (κ2) is 15.3. The zero-order valence-electron chi connectivity index (χ0n) is 28.8. The number of aliphatic hydroxyl groups excluding tert-OH is 1. The summed E-state index contributed by atoms with van der Waals surface area (Å²) in [5, 5.41) is 15.4. The van der Waals surface area contributed by atoms with Crippen LogP contribution in [0.3, 0.4) is 0 Å². The van der Waals surface area contributed by atoms with Crippen LogP contribution < -0.4 is 14.4 Å². The molecule has 0 saturated heterocycles. The number of hydrogen-bond donors (Lipinski definition) is 2. The zero-order valence-corrected chi connectivity index (χ0v) is 30.3. The number of aliphatic hydroxyl groups is 1. The number of aryl methyl sites for hydroxylation is 2. The Morgan fingerprint density at radius 3 is 2.71 bits per heavy atom. The molecule has 1 fully saturated rings. The highest BCUT2D eigenvalue weighted by molar-refractivity contribution is 7.92. The van der Waals surface area contributed by atoms with E-state index in [0.29, 0.717) is 48.3 Å². The Labute approximate surface area is 295 Å². The lowest BCUT2D eigenvalue weighted by molar-refractivity contribution is 0.0133. The van der Waals surface area contributed by atoms with Crippen LogP contribution in [-0.4, -0.2) is 56.6 Å². The molecule has 1 amide bonds. The number of methoxy groups -OCH3 is 1. The molecule has 1 aromatic heterocycles. The van der Waals surface area contributed by atoms with Crippen LogP contribution in [-0.2, 0) is 34.7 Å². The number of carbonyl (C=O) groups is 1. The summed E-state index contributed by atoms with van der Waals surface area (Å²) >= 11 is 6.47. The Balaban J connectivity index is 1.47. The summed E-state index contributed by atoms with van der Waals surface area (Å²) in [6.07, 6.45) is 11.4. The van der Waals surface area contributed by atoms with E-state index in [2.05, 4.69) is 43.4 Å². The molecule has 7 unspecified atom stereocenters. The molecule has 3 heterocycles. The minimum absolute atomic E-state index is 0.0626. The van der Waals surface area contributed by atoms with E-state index in [-0.39, 0.29) is 12.0 Å². The molecule has 12 heteroatoms. The normalized spacial score (nSPS) is 29.2. The van der Waals surface area contributed by atoms with Gasteiger partial charge in [-0.2, -0.15) is 9.82 Å². The van der Waals surface area contributed by atoms with Crippen molar-refractivity contribution in [2.45, 2.75) is 76.5 Å². The fourth-order valence-electron chi connectivity index (χ4n) is 7.12. The van der Waals surface area contributed by atoms with Crippen LogP contribution in [0.4, 0.5) is 5.69 Å². The van der Waals surface area contributed by atoms with Gasteiger partial charge in [0.05, 0.1) is 29.8 Å². The van der Waals surface area contributed by atoms with Gasteiger partial charge in [0, 0.05) is 49.6 Å². The van der Waals surface area contributed by atoms with Crippen LogP contribution in [0.5, 0.6) is 5.75 Å². The number of benzene rings is 2. The standard InChI is InChI=1S/C37H48ClN5O5S/c1-24-8-7-10-34(47-4)32-15-12-29(32)23-43-22-28-11-14-31(38)18-26(28)9-5-6-17-48-35-16-13-27(19-33(35)43)36(44)40-49(46,25(24)2)41-37(45)30-20-39-42(3)21-30/h7,10-11,13-14,16,18-21,24-25,29,32,34,37,45H,5-6,8-9,12,15,17,22-23H2,1-4H3,(H,40,41,44,46)/b10-7+. The van der Waals surface area contributed by atoms with Gasteiger partial charge in [-0.25, -0.2) is 4.21 Å². The third kappa shape index (κ3) is 8.07. The fraction of sp³-hybridized carbons (Fsp3) is 0.514. The molecular weight excluding hydrogens is 662 g/mol. The fourth-order valence-corrected chi connectivity index (χ4v) is 9.30. The monoisotopic (exact) mass is 709 g/mol. The maximum absolute atomic E-state index is 14.8. The van der Waals surface area contributed by atoms with Crippen LogP contribution in [0.1, 0.15) is 79.2 Å². The summed E-state index contributed by atoms with van der Waals surface area (Å²) in [6, 6.07) is 11.5. The van der Waals surface area contributed by atoms with E-state index in [9.17, 15) is 14.1 Å². The molecule has 10 nitrogen and oxygen atoms in total. The van der Waals surface area contributed by atoms with Gasteiger partial charge in [0.2, 0.25) is 0 Å². The molecule has 2 N–H and O–H groups in total. The van der Waals surface area contributed by atoms with Crippen molar-refractivity contribution in [1.29, 1.82) is 0 Å². The van der Waals surface area contributed by atoms with E-state index in [1.54, 1.807) is 31.1 Å². The molecule has 1 saturated carbocycles. The summed E-state index contributed by atoms with van der Waals surface area (Å²) in [7, 11) is -0.00270. The minimum atomic E-state index is -3.50. The Morgan fingerprint density at radius 1 is 1.14 bits per heavy atom. The Kier molecular flexibility index (Phi) is 11.2. The first-order valence-electron chi connectivity index (χ1n) is 17.3. The van der Waals surface area contributed by atoms with E-state index in [0.717, 1.165) is 49.4 Å². The predicted molar refractivity (Wildman–Crippen MR) is 193 cm³/mol. The smallest absolute Gasteiger partial charge is 0.286 e. The number of nitrogens with zero attached hydrogens (tertiary/aromatic N) is 4. The number of carbonyl (C=O) groups excluding carboxylic acids is 1. The average molecular weight is 710 g/mol. The molecule has 3 aliphatic rings. The number of anilines is 1. The summed E-state index contributed by atoms with van der Waals surface area (Å²) in [5.41, 5.74) is 3.93. The lowest BCUT2D eigenvalue weighted by atomic mass is 9.70. The molecule has 1 aliphatic carbocycles. The first kappa shape index (κ1) is 35.6. The second-order valence-corrected chi connectivity index (χ2v) is 16.5. The third-order valence-electron chi connectivity index (χ3n) is 10.5. The molecule has 0 radical (unpaired) electrons. The van der Waals surface area contributed by atoms with Crippen molar-refractivity contribution in [3.8, 4) is 5.75 Å². The number of halogens is 1. The van der Waals surface area contributed by atoms with Gasteiger partial charge >= 0.3 is 0 Å². The largest absolute Gasteiger partial charge is 0.491 e. The molecule has 7 atom stereocenters. The Hall–Kier alpha value is -3.22. The first-order valence-corrected chi connectivity index (χ1v) is 19.2. The number of amides is 1. The number of rotatable bonds is 4. The number of hydrogen-bond acceptors (Lipinski definition) is 7. The summed E-state index contributed by atoms with van der Waals surface area (Å²) in [6.45, 7) is 5.70. The van der Waals surface area contributed by atoms with E-state index < -0.39 is 27.3 Å². The van der Waals surface area contributed by atoms with Crippen molar-refractivity contribution in [2.24, 2.45) is 29.2 Å². The average Bonchev–Trinajstić information content (AvgIpc) is 3.50. The maximum Gasteiger partial charge on any atom is 0.286 e. The predicted octanol–water partition coefficient (Wildman–Crippen LogP) is 6.62. The van der Waals surface area contributed by atoms with E-state index in [1.807, 2.05) is 32.0 Å². The molecule has 0 spiro atoms. The lowest BCUT2D eigenvalue weighted by Gasteiger charge is -2.43. The van der Waals surface area contributed by atoms with E-state index in [4.69, 9.17) is 21.1 Å². The number of fused-ring (bicyclic) bond motifs is 3. The zero-order chi connectivity index (χ0) is 34.7. The number of nitrogens with one attached hydrogen (secondary N) is 1. The number of ether oxygens (including phenoxy) is 2. The van der Waals surface area contributed by atoms with Gasteiger partial charge in [-0.3, -0.25) is 9.48 Å². The quantitative estimate of drug-likeness (QED) is 0.231. The number of aromatic nitrogens is 2. The topological polar surface area (TPSA) is 118 Å². The van der Waals surface area contributed by atoms with Gasteiger partial charge in [-0.1, -0.05) is 36.7 Å². The molecule has 6 rings (SSSR count). The summed E-state index contributed by atoms with van der Waals surface area (Å²) < 4.78 is 36.0. The molecule has 49 heavy (non-hydrogen) atoms. The van der Waals surface area contributed by atoms with Crippen molar-refractivity contribution in [3.05, 3.63) is 88.2 Å². The SMILES string of the molecule is COC1/C=C/CC(C)C(C)S(=O)(NC(O)c2cnn(C)c2)=NC(=O)c2ccc3c(c2)N(Cc2ccc(Cl)cc2CCCCO3)CC2CCC21. The van der Waals surface area contributed by atoms with Gasteiger partial charge < -0.3 is 19.5 Å². The Bertz CT molecular complexity index is 1800. The highest BCUT2D eigenvalue weighted by Crippen LogP contribution is 2.42. The van der Waals surface area contributed by atoms with Crippen molar-refractivity contribution >= 4 is 33.1 Å². The molecule has 2 aromatic carbocycles. The van der Waals surface area contributed by atoms with Crippen LogP contribution in [0.25, 0.3) is 0 Å². The van der Waals surface area contributed by atoms with Crippen LogP contribution >= 0.6 is 11.6 Å². The van der Waals surface area contributed by atoms with Crippen molar-refractivity contribution in [3.63, 3.8) is 0 Å². The van der Waals surface area contributed by atoms with Crippen LogP contribution in [0, 0.1) is 17.8 Å². The third-order valence-corrected chi connectivity index (χ3v) is 13.2. The maximum atomic E-state index is 14.8. The van der Waals surface area contributed by atoms with Gasteiger partial charge in [0.15, 0.2) is 0 Å². The van der Waals surface area contributed by atoms with Crippen molar-refractivity contribution in [1.82, 2.24) is 14.5 Å². The highest BCUT2D eigenvalue weighted by Gasteiger charge is 2.38. The van der Waals surface area contributed by atoms with E-state index >= 15 is 0 Å². The van der Waals surface area contributed by atoms with Crippen LogP contribution in [0.2, 0.25) is 5.02 Å². The molecule has 2 aliphatic heterocycles. The molecular formula is C37H48ClN5O5S. The van der Waals surface area contributed by atoms with Crippen molar-refractivity contribution in [2.75, 3.05) is 25.2 Å². The summed E-state index contributed by atoms with van der Waals surface area (Å²) in [4.78, 5) is 16.4. The summed E-state index contributed by atoms with van der Waals surface area (Å²) in [5.74, 6) is 0.633. The molecule has 3 aromatic rings. The van der Waals surface area contributed by atoms with Gasteiger partial charge in [-0.15, -0.1) is 4.36 Å². The highest BCUT2D eigenvalue weighted by atomic mass is 35.5. The molecule has 264 valence electrons. The Morgan fingerprint density at radius 2 is 1.98 bits per heavy atom.